The Hall–Kier alpha value is -1.46. The number of anilines is 1. The Labute approximate surface area is 120 Å². The molecule has 0 unspecified atom stereocenters. The third-order valence-electron chi connectivity index (χ3n) is 3.74. The summed E-state index contributed by atoms with van der Waals surface area (Å²) < 4.78 is 5.39. The molecule has 5 nitrogen and oxygen atoms in total. The molecule has 0 amide bonds. The van der Waals surface area contributed by atoms with E-state index in [2.05, 4.69) is 29.0 Å². The lowest BCUT2D eigenvalue weighted by molar-refractivity contribution is -0.00570. The van der Waals surface area contributed by atoms with Crippen LogP contribution in [0.25, 0.3) is 0 Å². The monoisotopic (exact) mass is 277 g/mol. The summed E-state index contributed by atoms with van der Waals surface area (Å²) in [6.45, 7) is 10.3. The molecule has 1 aromatic rings. The summed E-state index contributed by atoms with van der Waals surface area (Å²) in [5.74, 6) is 0.842. The molecule has 0 radical (unpaired) electrons. The molecular formula is C15H23N3O2. The molecule has 20 heavy (non-hydrogen) atoms. The topological polar surface area (TPSA) is 54.5 Å². The van der Waals surface area contributed by atoms with Crippen LogP contribution in [0.1, 0.15) is 31.1 Å². The van der Waals surface area contributed by atoms with Crippen molar-refractivity contribution in [1.29, 1.82) is 0 Å². The number of ether oxygens (including phenoxy) is 1. The van der Waals surface area contributed by atoms with Gasteiger partial charge in [0.05, 0.1) is 13.2 Å². The number of hydrogen-bond acceptors (Lipinski definition) is 5. The summed E-state index contributed by atoms with van der Waals surface area (Å²) in [5.41, 5.74) is 0.688. The van der Waals surface area contributed by atoms with Gasteiger partial charge in [0.2, 0.25) is 0 Å². The van der Waals surface area contributed by atoms with E-state index in [4.69, 9.17) is 4.74 Å². The van der Waals surface area contributed by atoms with E-state index in [-0.39, 0.29) is 11.3 Å². The standard InChI is InChI=1S/C15H23N3O2/c1-12(19)13-4-5-14(16-10-13)17-11-15(2,3)18-6-8-20-9-7-18/h4-5,10H,6-9,11H2,1-3H3,(H,16,17). The van der Waals surface area contributed by atoms with Gasteiger partial charge in [-0.25, -0.2) is 4.98 Å². The summed E-state index contributed by atoms with van der Waals surface area (Å²) in [5, 5.41) is 3.34. The summed E-state index contributed by atoms with van der Waals surface area (Å²) in [7, 11) is 0. The van der Waals surface area contributed by atoms with Crippen molar-refractivity contribution in [3.63, 3.8) is 0 Å². The van der Waals surface area contributed by atoms with Crippen LogP contribution in [0, 0.1) is 0 Å². The van der Waals surface area contributed by atoms with Crippen LogP contribution in [0.3, 0.4) is 0 Å². The molecule has 1 aromatic heterocycles. The van der Waals surface area contributed by atoms with Gasteiger partial charge in [-0.05, 0) is 32.9 Å². The van der Waals surface area contributed by atoms with E-state index in [1.807, 2.05) is 6.07 Å². The number of nitrogens with zero attached hydrogens (tertiary/aromatic N) is 2. The average Bonchev–Trinajstić information content (AvgIpc) is 2.46. The highest BCUT2D eigenvalue weighted by atomic mass is 16.5. The maximum absolute atomic E-state index is 11.2. The zero-order valence-electron chi connectivity index (χ0n) is 12.5. The molecule has 2 heterocycles. The second-order valence-electron chi connectivity index (χ2n) is 5.75. The fourth-order valence-electron chi connectivity index (χ4n) is 2.29. The number of morpholine rings is 1. The number of nitrogens with one attached hydrogen (secondary N) is 1. The molecule has 1 saturated heterocycles. The second kappa shape index (κ2) is 6.33. The van der Waals surface area contributed by atoms with Gasteiger partial charge in [-0.2, -0.15) is 0 Å². The zero-order chi connectivity index (χ0) is 14.6. The molecule has 0 spiro atoms. The van der Waals surface area contributed by atoms with Crippen molar-refractivity contribution in [1.82, 2.24) is 9.88 Å². The van der Waals surface area contributed by atoms with Crippen molar-refractivity contribution in [3.05, 3.63) is 23.9 Å². The molecule has 5 heteroatoms. The first-order valence-corrected chi connectivity index (χ1v) is 7.03. The van der Waals surface area contributed by atoms with Crippen LogP contribution in [0.2, 0.25) is 0 Å². The zero-order valence-corrected chi connectivity index (χ0v) is 12.5. The fourth-order valence-corrected chi connectivity index (χ4v) is 2.29. The number of pyridine rings is 1. The van der Waals surface area contributed by atoms with Crippen LogP contribution in [0.15, 0.2) is 18.3 Å². The SMILES string of the molecule is CC(=O)c1ccc(NCC(C)(C)N2CCOCC2)nc1. The van der Waals surface area contributed by atoms with Crippen LogP contribution in [-0.2, 0) is 4.74 Å². The maximum atomic E-state index is 11.2. The second-order valence-corrected chi connectivity index (χ2v) is 5.75. The van der Waals surface area contributed by atoms with Crippen molar-refractivity contribution in [2.45, 2.75) is 26.3 Å². The lowest BCUT2D eigenvalue weighted by atomic mass is 10.0. The Kier molecular flexibility index (Phi) is 4.73. The normalized spacial score (nSPS) is 16.9. The van der Waals surface area contributed by atoms with E-state index in [1.165, 1.54) is 0 Å². The smallest absolute Gasteiger partial charge is 0.161 e. The van der Waals surface area contributed by atoms with Gasteiger partial charge in [-0.15, -0.1) is 0 Å². The number of ketones is 1. The predicted octanol–water partition coefficient (Wildman–Crippen LogP) is 1.81. The largest absolute Gasteiger partial charge is 0.379 e. The molecule has 0 saturated carbocycles. The van der Waals surface area contributed by atoms with E-state index in [0.29, 0.717) is 5.56 Å². The molecular weight excluding hydrogens is 254 g/mol. The highest BCUT2D eigenvalue weighted by molar-refractivity contribution is 5.93. The van der Waals surface area contributed by atoms with Crippen LogP contribution in [0.5, 0.6) is 0 Å². The third kappa shape index (κ3) is 3.77. The minimum absolute atomic E-state index is 0.0395. The van der Waals surface area contributed by atoms with Gasteiger partial charge in [-0.1, -0.05) is 0 Å². The van der Waals surface area contributed by atoms with E-state index >= 15 is 0 Å². The van der Waals surface area contributed by atoms with E-state index in [0.717, 1.165) is 38.7 Å². The van der Waals surface area contributed by atoms with E-state index < -0.39 is 0 Å². The number of Topliss-reactive ketones (excluding diaryl/α,β-unsaturated/α-hetero) is 1. The van der Waals surface area contributed by atoms with Gasteiger partial charge in [0.25, 0.3) is 0 Å². The molecule has 0 aliphatic carbocycles. The van der Waals surface area contributed by atoms with Gasteiger partial charge in [-0.3, -0.25) is 9.69 Å². The highest BCUT2D eigenvalue weighted by Gasteiger charge is 2.27. The van der Waals surface area contributed by atoms with Crippen molar-refractivity contribution in [3.8, 4) is 0 Å². The third-order valence-corrected chi connectivity index (χ3v) is 3.74. The molecule has 0 aromatic carbocycles. The number of carbonyl (C=O) groups excluding carboxylic acids is 1. The van der Waals surface area contributed by atoms with Crippen molar-refractivity contribution < 1.29 is 9.53 Å². The Bertz CT molecular complexity index is 451. The minimum Gasteiger partial charge on any atom is -0.379 e. The van der Waals surface area contributed by atoms with E-state index in [1.54, 1.807) is 19.2 Å². The molecule has 1 fully saturated rings. The van der Waals surface area contributed by atoms with E-state index in [9.17, 15) is 4.79 Å². The molecule has 0 bridgehead atoms. The first-order chi connectivity index (χ1) is 9.49. The van der Waals surface area contributed by atoms with Gasteiger partial charge < -0.3 is 10.1 Å². The lowest BCUT2D eigenvalue weighted by Crippen LogP contribution is -2.53. The molecule has 0 atom stereocenters. The summed E-state index contributed by atoms with van der Waals surface area (Å²) in [4.78, 5) is 17.9. The van der Waals surface area contributed by atoms with Crippen molar-refractivity contribution >= 4 is 11.6 Å². The number of hydrogen-bond donors (Lipinski definition) is 1. The van der Waals surface area contributed by atoms with Crippen molar-refractivity contribution in [2.24, 2.45) is 0 Å². The lowest BCUT2D eigenvalue weighted by Gasteiger charge is -2.41. The van der Waals surface area contributed by atoms with Gasteiger partial charge >= 0.3 is 0 Å². The molecule has 2 rings (SSSR count). The van der Waals surface area contributed by atoms with Crippen LogP contribution < -0.4 is 5.32 Å². The first-order valence-electron chi connectivity index (χ1n) is 7.03. The Morgan fingerprint density at radius 1 is 1.40 bits per heavy atom. The Balaban J connectivity index is 1.91. The Morgan fingerprint density at radius 2 is 2.10 bits per heavy atom. The first kappa shape index (κ1) is 14.9. The summed E-state index contributed by atoms with van der Waals surface area (Å²) in [6.07, 6.45) is 1.62. The van der Waals surface area contributed by atoms with Gasteiger partial charge in [0.15, 0.2) is 5.78 Å². The van der Waals surface area contributed by atoms with Crippen molar-refractivity contribution in [2.75, 3.05) is 38.2 Å². The van der Waals surface area contributed by atoms with Gasteiger partial charge in [0.1, 0.15) is 5.82 Å². The minimum atomic E-state index is 0.0395. The number of aromatic nitrogens is 1. The molecule has 1 N–H and O–H groups in total. The van der Waals surface area contributed by atoms with Crippen LogP contribution in [0.4, 0.5) is 5.82 Å². The average molecular weight is 277 g/mol. The maximum Gasteiger partial charge on any atom is 0.161 e. The summed E-state index contributed by atoms with van der Waals surface area (Å²) in [6, 6.07) is 3.66. The van der Waals surface area contributed by atoms with Crippen LogP contribution in [-0.4, -0.2) is 54.1 Å². The predicted molar refractivity (Wildman–Crippen MR) is 79.2 cm³/mol. The Morgan fingerprint density at radius 3 is 2.65 bits per heavy atom. The molecule has 110 valence electrons. The molecule has 1 aliphatic heterocycles. The van der Waals surface area contributed by atoms with Crippen LogP contribution >= 0.6 is 0 Å². The van der Waals surface area contributed by atoms with Gasteiger partial charge in [0, 0.05) is 36.9 Å². The molecule has 1 aliphatic rings. The number of carbonyl (C=O) groups is 1. The highest BCUT2D eigenvalue weighted by Crippen LogP contribution is 2.17. The number of rotatable bonds is 5. The summed E-state index contributed by atoms with van der Waals surface area (Å²) >= 11 is 0. The fraction of sp³-hybridized carbons (Fsp3) is 0.600. The quantitative estimate of drug-likeness (QED) is 0.832.